The fourth-order valence-electron chi connectivity index (χ4n) is 4.00. The Morgan fingerprint density at radius 2 is 2.11 bits per heavy atom. The van der Waals surface area contributed by atoms with Crippen LogP contribution in [-0.2, 0) is 19.9 Å². The van der Waals surface area contributed by atoms with Crippen LogP contribution in [0.5, 0.6) is 0 Å². The van der Waals surface area contributed by atoms with E-state index in [4.69, 9.17) is 0 Å². The second-order valence-corrected chi connectivity index (χ2v) is 7.31. The van der Waals surface area contributed by atoms with Crippen LogP contribution in [0.25, 0.3) is 10.8 Å². The molecule has 8 heteroatoms. The van der Waals surface area contributed by atoms with Gasteiger partial charge < -0.3 is 10.2 Å². The van der Waals surface area contributed by atoms with Gasteiger partial charge in [-0.15, -0.1) is 0 Å². The smallest absolute Gasteiger partial charge is 0.259 e. The molecular weight excluding hydrogens is 360 g/mol. The van der Waals surface area contributed by atoms with E-state index in [1.807, 2.05) is 19.1 Å². The maximum atomic E-state index is 13.1. The third kappa shape index (κ3) is 2.72. The van der Waals surface area contributed by atoms with E-state index in [-0.39, 0.29) is 24.3 Å². The van der Waals surface area contributed by atoms with Gasteiger partial charge in [0.15, 0.2) is 0 Å². The minimum absolute atomic E-state index is 0.129. The molecule has 2 aliphatic rings. The van der Waals surface area contributed by atoms with Crippen LogP contribution in [-0.4, -0.2) is 35.7 Å². The number of imide groups is 1. The Morgan fingerprint density at radius 1 is 1.32 bits per heavy atom. The fraction of sp³-hybridized carbons (Fsp3) is 0.350. The summed E-state index contributed by atoms with van der Waals surface area (Å²) < 4.78 is 0. The van der Waals surface area contributed by atoms with Gasteiger partial charge in [0.25, 0.3) is 5.91 Å². The number of rotatable bonds is 8. The molecule has 1 fully saturated rings. The minimum atomic E-state index is -0.450. The molecule has 4 rings (SSSR count). The van der Waals surface area contributed by atoms with Crippen molar-refractivity contribution in [3.8, 4) is 0 Å². The highest BCUT2D eigenvalue weighted by Crippen LogP contribution is 2.49. The van der Waals surface area contributed by atoms with Crippen molar-refractivity contribution in [3.05, 3.63) is 35.7 Å². The molecule has 1 aromatic heterocycles. The van der Waals surface area contributed by atoms with E-state index in [2.05, 4.69) is 15.6 Å². The molecule has 8 nitrogen and oxygen atoms in total. The highest BCUT2D eigenvalue weighted by atomic mass is 16.2. The number of amides is 4. The topological polar surface area (TPSA) is 108 Å². The van der Waals surface area contributed by atoms with Crippen LogP contribution in [0.3, 0.4) is 0 Å². The Hall–Kier alpha value is -3.29. The first-order valence-electron chi connectivity index (χ1n) is 9.22. The molecule has 144 valence electrons. The van der Waals surface area contributed by atoms with Crippen LogP contribution >= 0.6 is 0 Å². The lowest BCUT2D eigenvalue weighted by atomic mass is 10.00. The van der Waals surface area contributed by atoms with Gasteiger partial charge in [0.2, 0.25) is 18.7 Å². The third-order valence-electron chi connectivity index (χ3n) is 5.59. The zero-order chi connectivity index (χ0) is 19.9. The standard InChI is InChI=1S/C20H20N4O4/c1-12(5-6-16(27)22-10-25)24-15-9-21-18(20(7-8-20)23-11-26)13-3-2-4-14(17(13)15)19(24)28/h2-4,9-12H,5-8H2,1H3,(H,23,26)(H,22,25,27). The van der Waals surface area contributed by atoms with Crippen LogP contribution in [0.15, 0.2) is 24.4 Å². The van der Waals surface area contributed by atoms with Gasteiger partial charge in [-0.05, 0) is 32.3 Å². The predicted octanol–water partition coefficient (Wildman–Crippen LogP) is 1.37. The quantitative estimate of drug-likeness (QED) is 0.673. The molecule has 1 aliphatic carbocycles. The summed E-state index contributed by atoms with van der Waals surface area (Å²) in [4.78, 5) is 52.3. The van der Waals surface area contributed by atoms with Gasteiger partial charge in [0, 0.05) is 28.8 Å². The Labute approximate surface area is 161 Å². The van der Waals surface area contributed by atoms with Gasteiger partial charge in [-0.2, -0.15) is 0 Å². The Bertz CT molecular complexity index is 999. The van der Waals surface area contributed by atoms with Crippen molar-refractivity contribution in [1.29, 1.82) is 0 Å². The molecule has 1 atom stereocenters. The maximum absolute atomic E-state index is 13.1. The van der Waals surface area contributed by atoms with Gasteiger partial charge >= 0.3 is 0 Å². The van der Waals surface area contributed by atoms with Crippen LogP contribution in [0, 0.1) is 0 Å². The zero-order valence-electron chi connectivity index (χ0n) is 15.4. The lowest BCUT2D eigenvalue weighted by molar-refractivity contribution is -0.125. The summed E-state index contributed by atoms with van der Waals surface area (Å²) in [6.45, 7) is 1.87. The number of aromatic nitrogens is 1. The number of carbonyl (C=O) groups excluding carboxylic acids is 4. The molecule has 1 saturated carbocycles. The molecule has 4 amide bonds. The molecule has 28 heavy (non-hydrogen) atoms. The molecule has 2 N–H and O–H groups in total. The van der Waals surface area contributed by atoms with Gasteiger partial charge in [-0.3, -0.25) is 29.5 Å². The van der Waals surface area contributed by atoms with E-state index in [9.17, 15) is 19.2 Å². The van der Waals surface area contributed by atoms with E-state index in [0.29, 0.717) is 30.5 Å². The maximum Gasteiger partial charge on any atom is 0.259 e. The van der Waals surface area contributed by atoms with Gasteiger partial charge in [0.1, 0.15) is 0 Å². The first-order valence-corrected chi connectivity index (χ1v) is 9.22. The lowest BCUT2D eigenvalue weighted by Crippen LogP contribution is -2.37. The molecule has 0 radical (unpaired) electrons. The van der Waals surface area contributed by atoms with E-state index < -0.39 is 5.54 Å². The second-order valence-electron chi connectivity index (χ2n) is 7.31. The number of nitrogens with zero attached hydrogens (tertiary/aromatic N) is 2. The molecule has 0 saturated heterocycles. The van der Waals surface area contributed by atoms with E-state index >= 15 is 0 Å². The minimum Gasteiger partial charge on any atom is -0.348 e. The van der Waals surface area contributed by atoms with Crippen LogP contribution in [0.2, 0.25) is 0 Å². The first-order chi connectivity index (χ1) is 13.5. The van der Waals surface area contributed by atoms with E-state index in [1.54, 1.807) is 17.2 Å². The number of benzene rings is 1. The Kier molecular flexibility index (Phi) is 4.33. The summed E-state index contributed by atoms with van der Waals surface area (Å²) in [7, 11) is 0. The summed E-state index contributed by atoms with van der Waals surface area (Å²) in [5.74, 6) is -0.503. The summed E-state index contributed by atoms with van der Waals surface area (Å²) in [6, 6.07) is 5.30. The number of carbonyl (C=O) groups is 4. The summed E-state index contributed by atoms with van der Waals surface area (Å²) >= 11 is 0. The second kappa shape index (κ2) is 6.70. The average molecular weight is 380 g/mol. The van der Waals surface area contributed by atoms with Gasteiger partial charge in [-0.25, -0.2) is 0 Å². The molecule has 0 spiro atoms. The molecule has 1 unspecified atom stereocenters. The molecule has 0 bridgehead atoms. The number of hydrogen-bond acceptors (Lipinski definition) is 5. The Balaban J connectivity index is 1.71. The summed E-state index contributed by atoms with van der Waals surface area (Å²) in [5, 5.41) is 6.69. The molecular formula is C20H20N4O4. The SMILES string of the molecule is CC(CCC(=O)NC=O)N1C(=O)c2cccc3c(C4(NC=O)CC4)ncc1c23. The first kappa shape index (κ1) is 18.1. The molecule has 2 aromatic rings. The van der Waals surface area contributed by atoms with Crippen molar-refractivity contribution in [2.75, 3.05) is 4.90 Å². The number of pyridine rings is 1. The number of nitrogens with one attached hydrogen (secondary N) is 2. The van der Waals surface area contributed by atoms with Gasteiger partial charge in [-0.1, -0.05) is 12.1 Å². The largest absolute Gasteiger partial charge is 0.348 e. The highest BCUT2D eigenvalue weighted by molar-refractivity contribution is 6.25. The van der Waals surface area contributed by atoms with Crippen molar-refractivity contribution in [2.45, 2.75) is 44.2 Å². The molecule has 1 aromatic carbocycles. The number of hydrogen-bond donors (Lipinski definition) is 2. The van der Waals surface area contributed by atoms with Crippen molar-refractivity contribution >= 4 is 41.1 Å². The van der Waals surface area contributed by atoms with Crippen LogP contribution in [0.1, 0.15) is 48.7 Å². The van der Waals surface area contributed by atoms with Crippen LogP contribution in [0.4, 0.5) is 5.69 Å². The highest BCUT2D eigenvalue weighted by Gasteiger charge is 2.47. The normalized spacial score (nSPS) is 17.3. The zero-order valence-corrected chi connectivity index (χ0v) is 15.4. The number of anilines is 1. The van der Waals surface area contributed by atoms with E-state index in [0.717, 1.165) is 29.3 Å². The van der Waals surface area contributed by atoms with Crippen molar-refractivity contribution in [1.82, 2.24) is 15.6 Å². The third-order valence-corrected chi connectivity index (χ3v) is 5.59. The fourth-order valence-corrected chi connectivity index (χ4v) is 4.00. The summed E-state index contributed by atoms with van der Waals surface area (Å²) in [5.41, 5.74) is 1.65. The lowest BCUT2D eigenvalue weighted by Gasteiger charge is -2.25. The Morgan fingerprint density at radius 3 is 2.79 bits per heavy atom. The molecule has 2 heterocycles. The van der Waals surface area contributed by atoms with Crippen molar-refractivity contribution < 1.29 is 19.2 Å². The monoisotopic (exact) mass is 380 g/mol. The van der Waals surface area contributed by atoms with E-state index in [1.165, 1.54) is 0 Å². The molecule has 1 aliphatic heterocycles. The van der Waals surface area contributed by atoms with Crippen molar-refractivity contribution in [3.63, 3.8) is 0 Å². The van der Waals surface area contributed by atoms with Crippen LogP contribution < -0.4 is 15.5 Å². The van der Waals surface area contributed by atoms with Crippen molar-refractivity contribution in [2.24, 2.45) is 0 Å². The van der Waals surface area contributed by atoms with Gasteiger partial charge in [0.05, 0.1) is 23.1 Å². The summed E-state index contributed by atoms with van der Waals surface area (Å²) in [6.07, 6.45) is 4.93. The predicted molar refractivity (Wildman–Crippen MR) is 102 cm³/mol. The average Bonchev–Trinajstić information content (AvgIpc) is 3.40.